The number of carbonyl (C=O) groups is 1. The Morgan fingerprint density at radius 2 is 2.18 bits per heavy atom. The van der Waals surface area contributed by atoms with Crippen LogP contribution in [0.2, 0.25) is 0 Å². The van der Waals surface area contributed by atoms with Gasteiger partial charge in [0.05, 0.1) is 5.75 Å². The standard InChI is InChI=1S/C13H15NO2S/c1-2-9-16-14-13(15)11-17-10-8-12-6-4-3-5-7-12/h1,3-7H,8-11H2,(H,14,15). The molecule has 0 fully saturated rings. The van der Waals surface area contributed by atoms with Gasteiger partial charge in [0.1, 0.15) is 6.61 Å². The molecule has 0 aliphatic heterocycles. The van der Waals surface area contributed by atoms with Gasteiger partial charge in [0, 0.05) is 0 Å². The van der Waals surface area contributed by atoms with Gasteiger partial charge in [0.15, 0.2) is 0 Å². The van der Waals surface area contributed by atoms with Crippen molar-refractivity contribution in [3.8, 4) is 12.3 Å². The number of terminal acetylenes is 1. The Balaban J connectivity index is 2.04. The number of thioether (sulfide) groups is 1. The first kappa shape index (κ1) is 13.6. The molecule has 0 radical (unpaired) electrons. The summed E-state index contributed by atoms with van der Waals surface area (Å²) in [7, 11) is 0. The van der Waals surface area contributed by atoms with Crippen LogP contribution in [0.15, 0.2) is 30.3 Å². The van der Waals surface area contributed by atoms with E-state index in [0.717, 1.165) is 12.2 Å². The minimum Gasteiger partial charge on any atom is -0.272 e. The second kappa shape index (κ2) is 8.68. The minimum atomic E-state index is -0.154. The number of nitrogens with one attached hydrogen (secondary N) is 1. The summed E-state index contributed by atoms with van der Waals surface area (Å²) in [5, 5.41) is 0. The summed E-state index contributed by atoms with van der Waals surface area (Å²) in [6, 6.07) is 10.2. The topological polar surface area (TPSA) is 38.3 Å². The molecule has 0 spiro atoms. The van der Waals surface area contributed by atoms with E-state index in [1.54, 1.807) is 11.8 Å². The van der Waals surface area contributed by atoms with Crippen molar-refractivity contribution >= 4 is 17.7 Å². The van der Waals surface area contributed by atoms with Crippen LogP contribution >= 0.6 is 11.8 Å². The molecule has 0 bridgehead atoms. The van der Waals surface area contributed by atoms with Gasteiger partial charge in [-0.05, 0) is 17.7 Å². The van der Waals surface area contributed by atoms with Crippen molar-refractivity contribution in [1.82, 2.24) is 5.48 Å². The Morgan fingerprint density at radius 3 is 2.88 bits per heavy atom. The van der Waals surface area contributed by atoms with E-state index in [9.17, 15) is 4.79 Å². The van der Waals surface area contributed by atoms with E-state index >= 15 is 0 Å². The van der Waals surface area contributed by atoms with Crippen molar-refractivity contribution in [2.45, 2.75) is 6.42 Å². The van der Waals surface area contributed by atoms with Crippen LogP contribution in [0, 0.1) is 12.3 Å². The third-order valence-corrected chi connectivity index (χ3v) is 2.91. The number of aryl methyl sites for hydroxylation is 1. The van der Waals surface area contributed by atoms with Gasteiger partial charge in [-0.1, -0.05) is 36.3 Å². The lowest BCUT2D eigenvalue weighted by Crippen LogP contribution is -2.25. The monoisotopic (exact) mass is 249 g/mol. The molecule has 0 heterocycles. The van der Waals surface area contributed by atoms with Gasteiger partial charge in [-0.15, -0.1) is 6.42 Å². The first-order chi connectivity index (χ1) is 8.33. The lowest BCUT2D eigenvalue weighted by atomic mass is 10.2. The zero-order valence-corrected chi connectivity index (χ0v) is 10.3. The van der Waals surface area contributed by atoms with E-state index in [4.69, 9.17) is 11.3 Å². The zero-order chi connectivity index (χ0) is 12.3. The lowest BCUT2D eigenvalue weighted by molar-refractivity contribution is -0.129. The Morgan fingerprint density at radius 1 is 1.41 bits per heavy atom. The number of benzene rings is 1. The molecule has 1 aromatic rings. The maximum absolute atomic E-state index is 11.2. The van der Waals surface area contributed by atoms with Gasteiger partial charge in [-0.3, -0.25) is 9.63 Å². The van der Waals surface area contributed by atoms with Crippen LogP contribution in [-0.4, -0.2) is 24.0 Å². The van der Waals surface area contributed by atoms with Gasteiger partial charge in [-0.25, -0.2) is 5.48 Å². The number of hydrogen-bond acceptors (Lipinski definition) is 3. The fraction of sp³-hybridized carbons (Fsp3) is 0.308. The van der Waals surface area contributed by atoms with Crippen molar-refractivity contribution < 1.29 is 9.63 Å². The third-order valence-electron chi connectivity index (χ3n) is 1.95. The molecule has 3 nitrogen and oxygen atoms in total. The molecular formula is C13H15NO2S. The summed E-state index contributed by atoms with van der Waals surface area (Å²) < 4.78 is 0. The van der Waals surface area contributed by atoms with Gasteiger partial charge in [0.2, 0.25) is 0 Å². The van der Waals surface area contributed by atoms with Crippen molar-refractivity contribution in [2.75, 3.05) is 18.1 Å². The maximum Gasteiger partial charge on any atom is 0.253 e. The highest BCUT2D eigenvalue weighted by Gasteiger charge is 2.00. The van der Waals surface area contributed by atoms with E-state index in [-0.39, 0.29) is 12.5 Å². The van der Waals surface area contributed by atoms with Crippen LogP contribution in [0.1, 0.15) is 5.56 Å². The normalized spacial score (nSPS) is 9.59. The Bertz CT molecular complexity index is 373. The highest BCUT2D eigenvalue weighted by atomic mass is 32.2. The second-order valence-electron chi connectivity index (χ2n) is 3.31. The van der Waals surface area contributed by atoms with Crippen molar-refractivity contribution in [2.24, 2.45) is 0 Å². The molecule has 0 saturated carbocycles. The quantitative estimate of drug-likeness (QED) is 0.453. The molecule has 0 unspecified atom stereocenters. The number of hydrogen-bond donors (Lipinski definition) is 1. The predicted molar refractivity (Wildman–Crippen MR) is 70.4 cm³/mol. The van der Waals surface area contributed by atoms with E-state index in [2.05, 4.69) is 23.5 Å². The Labute approximate surface area is 106 Å². The highest BCUT2D eigenvalue weighted by molar-refractivity contribution is 7.99. The molecule has 90 valence electrons. The van der Waals surface area contributed by atoms with Crippen LogP contribution in [0.25, 0.3) is 0 Å². The summed E-state index contributed by atoms with van der Waals surface area (Å²) in [6.45, 7) is 0.0976. The van der Waals surface area contributed by atoms with Crippen LogP contribution in [0.3, 0.4) is 0 Å². The highest BCUT2D eigenvalue weighted by Crippen LogP contribution is 2.06. The second-order valence-corrected chi connectivity index (χ2v) is 4.41. The van der Waals surface area contributed by atoms with E-state index in [1.165, 1.54) is 5.56 Å². The summed E-state index contributed by atoms with van der Waals surface area (Å²) >= 11 is 1.57. The molecule has 0 aliphatic carbocycles. The summed E-state index contributed by atoms with van der Waals surface area (Å²) in [5.74, 6) is 3.41. The molecule has 1 rings (SSSR count). The largest absolute Gasteiger partial charge is 0.272 e. The summed E-state index contributed by atoms with van der Waals surface area (Å²) in [4.78, 5) is 15.9. The SMILES string of the molecule is C#CCONC(=O)CSCCc1ccccc1. The molecule has 1 amide bonds. The maximum atomic E-state index is 11.2. The molecule has 1 N–H and O–H groups in total. The fourth-order valence-corrected chi connectivity index (χ4v) is 1.96. The van der Waals surface area contributed by atoms with Gasteiger partial charge in [-0.2, -0.15) is 11.8 Å². The van der Waals surface area contributed by atoms with Crippen molar-refractivity contribution in [3.63, 3.8) is 0 Å². The molecule has 1 aromatic carbocycles. The van der Waals surface area contributed by atoms with Crippen LogP contribution < -0.4 is 5.48 Å². The lowest BCUT2D eigenvalue weighted by Gasteiger charge is -2.03. The van der Waals surface area contributed by atoms with E-state index in [0.29, 0.717) is 5.75 Å². The average Bonchev–Trinajstić information content (AvgIpc) is 2.36. The first-order valence-electron chi connectivity index (χ1n) is 5.28. The zero-order valence-electron chi connectivity index (χ0n) is 9.52. The Hall–Kier alpha value is -1.44. The van der Waals surface area contributed by atoms with E-state index < -0.39 is 0 Å². The van der Waals surface area contributed by atoms with Crippen LogP contribution in [0.4, 0.5) is 0 Å². The Kier molecular flexibility index (Phi) is 6.96. The molecule has 0 aromatic heterocycles. The van der Waals surface area contributed by atoms with Crippen molar-refractivity contribution in [3.05, 3.63) is 35.9 Å². The molecule has 0 atom stereocenters. The number of amides is 1. The first-order valence-corrected chi connectivity index (χ1v) is 6.44. The average molecular weight is 249 g/mol. The summed E-state index contributed by atoms with van der Waals surface area (Å²) in [5.41, 5.74) is 3.56. The van der Waals surface area contributed by atoms with Crippen LogP contribution in [0.5, 0.6) is 0 Å². The van der Waals surface area contributed by atoms with Crippen molar-refractivity contribution in [1.29, 1.82) is 0 Å². The van der Waals surface area contributed by atoms with Gasteiger partial charge < -0.3 is 0 Å². The molecule has 17 heavy (non-hydrogen) atoms. The molecule has 4 heteroatoms. The van der Waals surface area contributed by atoms with Gasteiger partial charge >= 0.3 is 0 Å². The van der Waals surface area contributed by atoms with Crippen LogP contribution in [-0.2, 0) is 16.1 Å². The minimum absolute atomic E-state index is 0.0976. The fourth-order valence-electron chi connectivity index (χ4n) is 1.19. The molecule has 0 saturated heterocycles. The number of carbonyl (C=O) groups excluding carboxylic acids is 1. The van der Waals surface area contributed by atoms with E-state index in [1.807, 2.05) is 18.2 Å². The summed E-state index contributed by atoms with van der Waals surface area (Å²) in [6.07, 6.45) is 5.93. The molecular weight excluding hydrogens is 234 g/mol. The predicted octanol–water partition coefficient (Wildman–Crippen LogP) is 1.64. The molecule has 0 aliphatic rings. The smallest absolute Gasteiger partial charge is 0.253 e. The number of hydroxylamine groups is 1. The van der Waals surface area contributed by atoms with Gasteiger partial charge in [0.25, 0.3) is 5.91 Å². The third kappa shape index (κ3) is 6.67. The number of rotatable bonds is 7.